The fraction of sp³-hybridized carbons (Fsp3) is 0.231. The number of nitriles is 1. The standard InChI is InChI=1S/C13H12N4O2/c14-7-9-12(15)17-13(16-9)8-2-3-10-11(6-8)19-5-1-4-18-10/h2-3,6H,1,4-5,15H2,(H,16,17). The highest BCUT2D eigenvalue weighted by atomic mass is 16.5. The molecule has 2 aromatic rings. The monoisotopic (exact) mass is 256 g/mol. The van der Waals surface area contributed by atoms with Gasteiger partial charge in [0.1, 0.15) is 11.9 Å². The Morgan fingerprint density at radius 2 is 2.05 bits per heavy atom. The Bertz CT molecular complexity index is 657. The maximum Gasteiger partial charge on any atom is 0.161 e. The molecule has 0 saturated heterocycles. The van der Waals surface area contributed by atoms with Crippen LogP contribution in [0, 0.1) is 11.3 Å². The van der Waals surface area contributed by atoms with Gasteiger partial charge in [0.15, 0.2) is 23.0 Å². The number of nitrogens with two attached hydrogens (primary N) is 1. The predicted molar refractivity (Wildman–Crippen MR) is 68.8 cm³/mol. The Hall–Kier alpha value is -2.68. The number of H-pyrrole nitrogens is 1. The molecule has 3 N–H and O–H groups in total. The zero-order valence-corrected chi connectivity index (χ0v) is 10.1. The summed E-state index contributed by atoms with van der Waals surface area (Å²) in [6.45, 7) is 1.28. The smallest absolute Gasteiger partial charge is 0.161 e. The van der Waals surface area contributed by atoms with Crippen molar-refractivity contribution < 1.29 is 9.47 Å². The van der Waals surface area contributed by atoms with Crippen LogP contribution in [0.25, 0.3) is 11.4 Å². The quantitative estimate of drug-likeness (QED) is 0.809. The first-order chi connectivity index (χ1) is 9.28. The van der Waals surface area contributed by atoms with Gasteiger partial charge in [0.25, 0.3) is 0 Å². The molecular formula is C13H12N4O2. The average Bonchev–Trinajstić information content (AvgIpc) is 2.66. The van der Waals surface area contributed by atoms with Gasteiger partial charge >= 0.3 is 0 Å². The Balaban J connectivity index is 2.01. The van der Waals surface area contributed by atoms with Crippen molar-refractivity contribution in [2.75, 3.05) is 18.9 Å². The summed E-state index contributed by atoms with van der Waals surface area (Å²) in [5.41, 5.74) is 6.70. The van der Waals surface area contributed by atoms with E-state index in [9.17, 15) is 0 Å². The molecule has 2 heterocycles. The zero-order chi connectivity index (χ0) is 13.2. The van der Waals surface area contributed by atoms with Crippen LogP contribution in [-0.2, 0) is 0 Å². The van der Waals surface area contributed by atoms with Gasteiger partial charge in [-0.2, -0.15) is 5.26 Å². The third-order valence-corrected chi connectivity index (χ3v) is 2.86. The van der Waals surface area contributed by atoms with Crippen molar-refractivity contribution in [2.45, 2.75) is 6.42 Å². The molecule has 1 aliphatic rings. The van der Waals surface area contributed by atoms with Crippen LogP contribution in [0.5, 0.6) is 11.5 Å². The number of ether oxygens (including phenoxy) is 2. The molecule has 0 unspecified atom stereocenters. The molecule has 0 bridgehead atoms. The molecule has 0 radical (unpaired) electrons. The first-order valence-corrected chi connectivity index (χ1v) is 5.93. The first kappa shape index (κ1) is 11.4. The number of benzene rings is 1. The van der Waals surface area contributed by atoms with Gasteiger partial charge in [0, 0.05) is 12.0 Å². The number of anilines is 1. The van der Waals surface area contributed by atoms with E-state index < -0.39 is 0 Å². The first-order valence-electron chi connectivity index (χ1n) is 5.93. The third-order valence-electron chi connectivity index (χ3n) is 2.86. The van der Waals surface area contributed by atoms with Gasteiger partial charge in [0.05, 0.1) is 13.2 Å². The fourth-order valence-electron chi connectivity index (χ4n) is 1.92. The van der Waals surface area contributed by atoms with Crippen molar-refractivity contribution in [1.29, 1.82) is 5.26 Å². The molecule has 0 spiro atoms. The van der Waals surface area contributed by atoms with E-state index in [-0.39, 0.29) is 11.5 Å². The molecule has 1 aliphatic heterocycles. The van der Waals surface area contributed by atoms with E-state index in [4.69, 9.17) is 20.5 Å². The lowest BCUT2D eigenvalue weighted by Crippen LogP contribution is -1.97. The van der Waals surface area contributed by atoms with Gasteiger partial charge in [-0.05, 0) is 18.2 Å². The van der Waals surface area contributed by atoms with Crippen LogP contribution in [0.15, 0.2) is 18.2 Å². The molecule has 0 saturated carbocycles. The highest BCUT2D eigenvalue weighted by Crippen LogP contribution is 2.33. The predicted octanol–water partition coefficient (Wildman–Crippen LogP) is 1.69. The Morgan fingerprint density at radius 3 is 2.79 bits per heavy atom. The normalized spacial score (nSPS) is 13.6. The van der Waals surface area contributed by atoms with Crippen LogP contribution < -0.4 is 15.2 Å². The maximum absolute atomic E-state index is 8.86. The molecule has 96 valence electrons. The number of aromatic nitrogens is 2. The number of nitrogens with zero attached hydrogens (tertiary/aromatic N) is 2. The van der Waals surface area contributed by atoms with Crippen LogP contribution in [0.2, 0.25) is 0 Å². The molecule has 0 atom stereocenters. The number of rotatable bonds is 1. The molecule has 0 fully saturated rings. The fourth-order valence-corrected chi connectivity index (χ4v) is 1.92. The van der Waals surface area contributed by atoms with Crippen LogP contribution in [0.3, 0.4) is 0 Å². The van der Waals surface area contributed by atoms with Crippen LogP contribution in [-0.4, -0.2) is 23.2 Å². The van der Waals surface area contributed by atoms with Gasteiger partial charge < -0.3 is 20.2 Å². The highest BCUT2D eigenvalue weighted by molar-refractivity contribution is 5.64. The number of fused-ring (bicyclic) bond motifs is 1. The number of hydrogen-bond acceptors (Lipinski definition) is 5. The van der Waals surface area contributed by atoms with Gasteiger partial charge in [-0.15, -0.1) is 0 Å². The number of nitrogen functional groups attached to an aromatic ring is 1. The molecule has 1 aromatic carbocycles. The molecule has 3 rings (SSSR count). The Morgan fingerprint density at radius 1 is 1.26 bits per heavy atom. The van der Waals surface area contributed by atoms with E-state index in [2.05, 4.69) is 9.97 Å². The van der Waals surface area contributed by atoms with Crippen molar-refractivity contribution >= 4 is 5.82 Å². The molecular weight excluding hydrogens is 244 g/mol. The Labute approximate surface area is 109 Å². The van der Waals surface area contributed by atoms with Gasteiger partial charge in [0.2, 0.25) is 0 Å². The summed E-state index contributed by atoms with van der Waals surface area (Å²) in [5.74, 6) is 2.15. The second-order valence-electron chi connectivity index (χ2n) is 4.17. The highest BCUT2D eigenvalue weighted by Gasteiger charge is 2.14. The number of hydrogen-bond donors (Lipinski definition) is 2. The Kier molecular flexibility index (Phi) is 2.72. The third kappa shape index (κ3) is 2.06. The zero-order valence-electron chi connectivity index (χ0n) is 10.1. The second-order valence-corrected chi connectivity index (χ2v) is 4.17. The minimum Gasteiger partial charge on any atom is -0.490 e. The van der Waals surface area contributed by atoms with Gasteiger partial charge in [-0.3, -0.25) is 0 Å². The molecule has 19 heavy (non-hydrogen) atoms. The summed E-state index contributed by atoms with van der Waals surface area (Å²) in [5, 5.41) is 8.86. The van der Waals surface area contributed by atoms with E-state index in [1.165, 1.54) is 0 Å². The lowest BCUT2D eigenvalue weighted by atomic mass is 10.2. The van der Waals surface area contributed by atoms with E-state index >= 15 is 0 Å². The summed E-state index contributed by atoms with van der Waals surface area (Å²) in [4.78, 5) is 7.00. The molecule has 6 nitrogen and oxygen atoms in total. The topological polar surface area (TPSA) is 97.0 Å². The lowest BCUT2D eigenvalue weighted by Gasteiger charge is -2.07. The summed E-state index contributed by atoms with van der Waals surface area (Å²) < 4.78 is 11.2. The van der Waals surface area contributed by atoms with Crippen molar-refractivity contribution in [1.82, 2.24) is 9.97 Å². The van der Waals surface area contributed by atoms with Crippen LogP contribution >= 0.6 is 0 Å². The van der Waals surface area contributed by atoms with E-state index in [0.717, 1.165) is 17.7 Å². The van der Waals surface area contributed by atoms with Crippen molar-refractivity contribution in [2.24, 2.45) is 0 Å². The maximum atomic E-state index is 8.86. The van der Waals surface area contributed by atoms with E-state index in [1.807, 2.05) is 24.3 Å². The van der Waals surface area contributed by atoms with Crippen LogP contribution in [0.1, 0.15) is 12.1 Å². The van der Waals surface area contributed by atoms with E-state index in [0.29, 0.717) is 24.8 Å². The minimum atomic E-state index is 0.199. The summed E-state index contributed by atoms with van der Waals surface area (Å²) >= 11 is 0. The molecule has 1 aromatic heterocycles. The summed E-state index contributed by atoms with van der Waals surface area (Å²) in [6.07, 6.45) is 0.857. The summed E-state index contributed by atoms with van der Waals surface area (Å²) in [7, 11) is 0. The minimum absolute atomic E-state index is 0.199. The number of aromatic amines is 1. The summed E-state index contributed by atoms with van der Waals surface area (Å²) in [6, 6.07) is 7.48. The van der Waals surface area contributed by atoms with Crippen LogP contribution in [0.4, 0.5) is 5.82 Å². The molecule has 0 aliphatic carbocycles. The second kappa shape index (κ2) is 4.53. The molecule has 6 heteroatoms. The molecule has 0 amide bonds. The van der Waals surface area contributed by atoms with Gasteiger partial charge in [-0.25, -0.2) is 4.98 Å². The lowest BCUT2D eigenvalue weighted by molar-refractivity contribution is 0.297. The number of nitrogens with one attached hydrogen (secondary N) is 1. The van der Waals surface area contributed by atoms with Crippen molar-refractivity contribution in [3.8, 4) is 29.0 Å². The SMILES string of the molecule is N#Cc1[nH]c(-c2ccc3c(c2)OCCCO3)nc1N. The average molecular weight is 256 g/mol. The largest absolute Gasteiger partial charge is 0.490 e. The number of imidazole rings is 1. The van der Waals surface area contributed by atoms with Gasteiger partial charge in [-0.1, -0.05) is 0 Å². The van der Waals surface area contributed by atoms with Crippen molar-refractivity contribution in [3.63, 3.8) is 0 Å². The van der Waals surface area contributed by atoms with Crippen molar-refractivity contribution in [3.05, 3.63) is 23.9 Å². The van der Waals surface area contributed by atoms with E-state index in [1.54, 1.807) is 0 Å².